The number of carbonyl (C=O) groups excluding carboxylic acids is 1. The van der Waals surface area contributed by atoms with Crippen LogP contribution in [0.25, 0.3) is 6.08 Å². The predicted octanol–water partition coefficient (Wildman–Crippen LogP) is 3.18. The molecule has 1 aromatic carbocycles. The highest BCUT2D eigenvalue weighted by atomic mass is 16.6. The van der Waals surface area contributed by atoms with Crippen molar-refractivity contribution in [2.24, 2.45) is 5.92 Å². The Morgan fingerprint density at radius 3 is 2.86 bits per heavy atom. The second kappa shape index (κ2) is 9.73. The van der Waals surface area contributed by atoms with Gasteiger partial charge in [0.15, 0.2) is 0 Å². The summed E-state index contributed by atoms with van der Waals surface area (Å²) in [7, 11) is 0. The highest BCUT2D eigenvalue weighted by Crippen LogP contribution is 2.06. The number of rotatable bonds is 8. The first-order valence-corrected chi connectivity index (χ1v) is 7.04. The molecule has 0 unspecified atom stereocenters. The molecule has 0 bridgehead atoms. The maximum absolute atomic E-state index is 11.5. The standard InChI is InChI=1S/C17H21NO3/c1-14(2)8-9-20-10-11-21-17(19)7-6-15-4-3-5-16(12-15)13-18/h3-7,12,14H,8-11H2,1-2H3/b7-6+. The van der Waals surface area contributed by atoms with Gasteiger partial charge in [0.1, 0.15) is 6.61 Å². The normalized spacial score (nSPS) is 10.8. The van der Waals surface area contributed by atoms with E-state index in [4.69, 9.17) is 14.7 Å². The zero-order valence-electron chi connectivity index (χ0n) is 12.5. The quantitative estimate of drug-likeness (QED) is 0.418. The first-order chi connectivity index (χ1) is 10.1. The maximum atomic E-state index is 11.5. The average molecular weight is 287 g/mol. The molecule has 0 aliphatic heterocycles. The Morgan fingerprint density at radius 1 is 1.33 bits per heavy atom. The largest absolute Gasteiger partial charge is 0.460 e. The van der Waals surface area contributed by atoms with Crippen molar-refractivity contribution in [2.45, 2.75) is 20.3 Å². The lowest BCUT2D eigenvalue weighted by Crippen LogP contribution is -2.09. The average Bonchev–Trinajstić information content (AvgIpc) is 2.48. The molecule has 0 amide bonds. The minimum atomic E-state index is -0.412. The molecule has 4 heteroatoms. The molecule has 0 heterocycles. The summed E-state index contributed by atoms with van der Waals surface area (Å²) in [6.07, 6.45) is 3.98. The van der Waals surface area contributed by atoms with E-state index in [0.717, 1.165) is 12.0 Å². The van der Waals surface area contributed by atoms with E-state index in [1.165, 1.54) is 6.08 Å². The monoisotopic (exact) mass is 287 g/mol. The van der Waals surface area contributed by atoms with Gasteiger partial charge in [0, 0.05) is 12.7 Å². The van der Waals surface area contributed by atoms with E-state index in [0.29, 0.717) is 24.7 Å². The Morgan fingerprint density at radius 2 is 2.14 bits per heavy atom. The van der Waals surface area contributed by atoms with Crippen molar-refractivity contribution in [3.8, 4) is 6.07 Å². The fraction of sp³-hybridized carbons (Fsp3) is 0.412. The van der Waals surface area contributed by atoms with Gasteiger partial charge in [-0.05, 0) is 36.1 Å². The van der Waals surface area contributed by atoms with Crippen LogP contribution in [0.5, 0.6) is 0 Å². The third-order valence-electron chi connectivity index (χ3n) is 2.74. The van der Waals surface area contributed by atoms with Crippen LogP contribution in [0, 0.1) is 17.2 Å². The summed E-state index contributed by atoms with van der Waals surface area (Å²) in [6.45, 7) is 5.62. The second-order valence-electron chi connectivity index (χ2n) is 5.03. The summed E-state index contributed by atoms with van der Waals surface area (Å²) >= 11 is 0. The third-order valence-corrected chi connectivity index (χ3v) is 2.74. The van der Waals surface area contributed by atoms with Gasteiger partial charge in [-0.25, -0.2) is 4.79 Å². The molecule has 0 atom stereocenters. The van der Waals surface area contributed by atoms with Gasteiger partial charge in [-0.1, -0.05) is 26.0 Å². The first-order valence-electron chi connectivity index (χ1n) is 7.04. The van der Waals surface area contributed by atoms with Crippen LogP contribution in [0.1, 0.15) is 31.4 Å². The van der Waals surface area contributed by atoms with E-state index in [1.54, 1.807) is 24.3 Å². The Bertz CT molecular complexity index is 515. The van der Waals surface area contributed by atoms with Crippen molar-refractivity contribution in [3.05, 3.63) is 41.5 Å². The molecule has 112 valence electrons. The summed E-state index contributed by atoms with van der Waals surface area (Å²) in [5, 5.41) is 8.78. The Balaban J connectivity index is 2.24. The Labute approximate surface area is 126 Å². The molecule has 0 aliphatic carbocycles. The molecule has 21 heavy (non-hydrogen) atoms. The van der Waals surface area contributed by atoms with Crippen LogP contribution in [0.15, 0.2) is 30.3 Å². The SMILES string of the molecule is CC(C)CCOCCOC(=O)/C=C/c1cccc(C#N)c1. The van der Waals surface area contributed by atoms with E-state index in [9.17, 15) is 4.79 Å². The lowest BCUT2D eigenvalue weighted by atomic mass is 10.1. The van der Waals surface area contributed by atoms with E-state index >= 15 is 0 Å². The van der Waals surface area contributed by atoms with Gasteiger partial charge >= 0.3 is 5.97 Å². The molecule has 0 saturated carbocycles. The minimum Gasteiger partial charge on any atom is -0.460 e. The van der Waals surface area contributed by atoms with E-state index in [-0.39, 0.29) is 6.61 Å². The summed E-state index contributed by atoms with van der Waals surface area (Å²) in [5.41, 5.74) is 1.35. The highest BCUT2D eigenvalue weighted by molar-refractivity contribution is 5.87. The van der Waals surface area contributed by atoms with Crippen molar-refractivity contribution < 1.29 is 14.3 Å². The zero-order valence-corrected chi connectivity index (χ0v) is 12.5. The van der Waals surface area contributed by atoms with Gasteiger partial charge in [-0.2, -0.15) is 5.26 Å². The molecule has 0 N–H and O–H groups in total. The topological polar surface area (TPSA) is 59.3 Å². The van der Waals surface area contributed by atoms with Crippen LogP contribution in [-0.2, 0) is 14.3 Å². The number of hydrogen-bond acceptors (Lipinski definition) is 4. The van der Waals surface area contributed by atoms with Gasteiger partial charge in [-0.15, -0.1) is 0 Å². The molecule has 0 fully saturated rings. The molecule has 4 nitrogen and oxygen atoms in total. The molecular weight excluding hydrogens is 266 g/mol. The number of hydrogen-bond donors (Lipinski definition) is 0. The molecular formula is C17H21NO3. The van der Waals surface area contributed by atoms with E-state index < -0.39 is 5.97 Å². The fourth-order valence-corrected chi connectivity index (χ4v) is 1.55. The molecule has 0 aromatic heterocycles. The van der Waals surface area contributed by atoms with Gasteiger partial charge in [0.25, 0.3) is 0 Å². The van der Waals surface area contributed by atoms with Crippen molar-refractivity contribution >= 4 is 12.0 Å². The van der Waals surface area contributed by atoms with Gasteiger partial charge in [0.05, 0.1) is 18.2 Å². The minimum absolute atomic E-state index is 0.250. The van der Waals surface area contributed by atoms with E-state index in [1.807, 2.05) is 6.07 Å². The third kappa shape index (κ3) is 7.91. The molecule has 0 spiro atoms. The predicted molar refractivity (Wildman–Crippen MR) is 81.4 cm³/mol. The van der Waals surface area contributed by atoms with E-state index in [2.05, 4.69) is 19.9 Å². The summed E-state index contributed by atoms with van der Waals surface area (Å²) in [4.78, 5) is 11.5. The van der Waals surface area contributed by atoms with Crippen molar-refractivity contribution in [3.63, 3.8) is 0 Å². The van der Waals surface area contributed by atoms with Crippen molar-refractivity contribution in [2.75, 3.05) is 19.8 Å². The number of carbonyl (C=O) groups is 1. The van der Waals surface area contributed by atoms with Gasteiger partial charge in [0.2, 0.25) is 0 Å². The number of benzene rings is 1. The molecule has 0 saturated heterocycles. The number of ether oxygens (including phenoxy) is 2. The summed E-state index contributed by atoms with van der Waals surface area (Å²) < 4.78 is 10.4. The number of nitrogens with zero attached hydrogens (tertiary/aromatic N) is 1. The maximum Gasteiger partial charge on any atom is 0.330 e. The Hall–Kier alpha value is -2.12. The van der Waals surface area contributed by atoms with Crippen molar-refractivity contribution in [1.82, 2.24) is 0 Å². The first kappa shape index (κ1) is 16.9. The number of nitriles is 1. The lowest BCUT2D eigenvalue weighted by Gasteiger charge is -2.06. The fourth-order valence-electron chi connectivity index (χ4n) is 1.55. The zero-order chi connectivity index (χ0) is 15.5. The lowest BCUT2D eigenvalue weighted by molar-refractivity contribution is -0.139. The van der Waals surface area contributed by atoms with Crippen LogP contribution in [0.3, 0.4) is 0 Å². The van der Waals surface area contributed by atoms with Gasteiger partial charge < -0.3 is 9.47 Å². The van der Waals surface area contributed by atoms with Gasteiger partial charge in [-0.3, -0.25) is 0 Å². The molecule has 1 rings (SSSR count). The van der Waals surface area contributed by atoms with Crippen molar-refractivity contribution in [1.29, 1.82) is 5.26 Å². The highest BCUT2D eigenvalue weighted by Gasteiger charge is 1.98. The van der Waals surface area contributed by atoms with Crippen LogP contribution in [0.2, 0.25) is 0 Å². The number of esters is 1. The molecule has 0 aliphatic rings. The van der Waals surface area contributed by atoms with Crippen LogP contribution < -0.4 is 0 Å². The molecule has 0 radical (unpaired) electrons. The molecule has 1 aromatic rings. The Kier molecular flexibility index (Phi) is 7.85. The summed E-state index contributed by atoms with van der Waals surface area (Å²) in [5.74, 6) is 0.199. The second-order valence-corrected chi connectivity index (χ2v) is 5.03. The summed E-state index contributed by atoms with van der Waals surface area (Å²) in [6, 6.07) is 9.06. The van der Waals surface area contributed by atoms with Crippen LogP contribution in [0.4, 0.5) is 0 Å². The van der Waals surface area contributed by atoms with Crippen LogP contribution in [-0.4, -0.2) is 25.8 Å². The van der Waals surface area contributed by atoms with Crippen LogP contribution >= 0.6 is 0 Å². The smallest absolute Gasteiger partial charge is 0.330 e.